The molecule has 0 amide bonds. The number of nitrogens with one attached hydrogen (secondary N) is 1. The van der Waals surface area contributed by atoms with Crippen molar-refractivity contribution in [3.8, 4) is 5.75 Å². The number of carboxylic acids is 1. The van der Waals surface area contributed by atoms with E-state index in [1.54, 1.807) is 0 Å². The molecule has 2 aromatic rings. The Morgan fingerprint density at radius 3 is 2.29 bits per heavy atom. The molecule has 0 saturated heterocycles. The van der Waals surface area contributed by atoms with Crippen molar-refractivity contribution in [1.29, 1.82) is 0 Å². The molecule has 0 heterocycles. The minimum atomic E-state index is -0.772. The van der Waals surface area contributed by atoms with Crippen LogP contribution in [0.25, 0.3) is 0 Å². The zero-order valence-corrected chi connectivity index (χ0v) is 14.2. The summed E-state index contributed by atoms with van der Waals surface area (Å²) in [5, 5.41) is 22.3. The van der Waals surface area contributed by atoms with Gasteiger partial charge in [0.1, 0.15) is 5.75 Å². The molecule has 24 heavy (non-hydrogen) atoms. The summed E-state index contributed by atoms with van der Waals surface area (Å²) >= 11 is 0. The van der Waals surface area contributed by atoms with Gasteiger partial charge in [0.25, 0.3) is 0 Å². The van der Waals surface area contributed by atoms with Crippen LogP contribution in [0.15, 0.2) is 42.5 Å². The molecule has 0 spiro atoms. The third-order valence-corrected chi connectivity index (χ3v) is 4.18. The number of benzene rings is 2. The number of aryl methyl sites for hydroxylation is 2. The first-order chi connectivity index (χ1) is 11.5. The molecule has 1 atom stereocenters. The highest BCUT2D eigenvalue weighted by Crippen LogP contribution is 2.23. The van der Waals surface area contributed by atoms with Crippen molar-refractivity contribution in [3.05, 3.63) is 64.7 Å². The lowest BCUT2D eigenvalue weighted by atomic mass is 10.0. The zero-order chi connectivity index (χ0) is 17.5. The zero-order valence-electron chi connectivity index (χ0n) is 14.2. The summed E-state index contributed by atoms with van der Waals surface area (Å²) in [6.45, 7) is 4.43. The van der Waals surface area contributed by atoms with Crippen LogP contribution in [-0.2, 0) is 17.8 Å². The molecule has 3 N–H and O–H groups in total. The highest BCUT2D eigenvalue weighted by atomic mass is 16.4. The maximum absolute atomic E-state index is 10.9. The number of hydrogen-bond donors (Lipinski definition) is 3. The Morgan fingerprint density at radius 1 is 1.08 bits per heavy atom. The first kappa shape index (κ1) is 18.0. The van der Waals surface area contributed by atoms with Crippen LogP contribution in [0.4, 0.5) is 0 Å². The molecule has 4 heteroatoms. The Labute approximate surface area is 143 Å². The quantitative estimate of drug-likeness (QED) is 0.693. The minimum Gasteiger partial charge on any atom is -0.507 e. The van der Waals surface area contributed by atoms with E-state index < -0.39 is 5.97 Å². The highest BCUT2D eigenvalue weighted by Gasteiger charge is 2.12. The second-order valence-corrected chi connectivity index (χ2v) is 6.28. The van der Waals surface area contributed by atoms with Gasteiger partial charge >= 0.3 is 5.97 Å². The van der Waals surface area contributed by atoms with Crippen molar-refractivity contribution >= 4 is 5.97 Å². The van der Waals surface area contributed by atoms with Gasteiger partial charge in [-0.05, 0) is 48.9 Å². The SMILES string of the molecule is Cc1cc(CNC(CCC(=O)O)Cc2ccccc2)cc(C)c1O. The average Bonchev–Trinajstić information content (AvgIpc) is 2.55. The largest absolute Gasteiger partial charge is 0.507 e. The van der Waals surface area contributed by atoms with Gasteiger partial charge in [-0.25, -0.2) is 0 Å². The van der Waals surface area contributed by atoms with E-state index in [-0.39, 0.29) is 12.5 Å². The second kappa shape index (κ2) is 8.50. The van der Waals surface area contributed by atoms with Crippen LogP contribution in [0.5, 0.6) is 5.75 Å². The molecule has 0 fully saturated rings. The topological polar surface area (TPSA) is 69.6 Å². The lowest BCUT2D eigenvalue weighted by Crippen LogP contribution is -2.31. The molecular weight excluding hydrogens is 302 g/mol. The van der Waals surface area contributed by atoms with Gasteiger partial charge in [0.15, 0.2) is 0 Å². The predicted molar refractivity (Wildman–Crippen MR) is 95.2 cm³/mol. The van der Waals surface area contributed by atoms with Crippen LogP contribution in [0.1, 0.15) is 35.1 Å². The third kappa shape index (κ3) is 5.39. The highest BCUT2D eigenvalue weighted by molar-refractivity contribution is 5.66. The Bertz CT molecular complexity index is 660. The molecule has 1 unspecified atom stereocenters. The van der Waals surface area contributed by atoms with Crippen molar-refractivity contribution in [1.82, 2.24) is 5.32 Å². The molecule has 0 aliphatic carbocycles. The Hall–Kier alpha value is -2.33. The van der Waals surface area contributed by atoms with E-state index >= 15 is 0 Å². The first-order valence-electron chi connectivity index (χ1n) is 8.24. The van der Waals surface area contributed by atoms with E-state index in [4.69, 9.17) is 5.11 Å². The second-order valence-electron chi connectivity index (χ2n) is 6.28. The molecule has 2 rings (SSSR count). The molecular formula is C20H25NO3. The van der Waals surface area contributed by atoms with Gasteiger partial charge in [0.05, 0.1) is 0 Å². The first-order valence-corrected chi connectivity index (χ1v) is 8.24. The fourth-order valence-corrected chi connectivity index (χ4v) is 2.88. The van der Waals surface area contributed by atoms with Crippen LogP contribution in [0.2, 0.25) is 0 Å². The van der Waals surface area contributed by atoms with Gasteiger partial charge < -0.3 is 15.5 Å². The van der Waals surface area contributed by atoms with Crippen molar-refractivity contribution in [3.63, 3.8) is 0 Å². The summed E-state index contributed by atoms with van der Waals surface area (Å²) in [6.07, 6.45) is 1.53. The fraction of sp³-hybridized carbons (Fsp3) is 0.350. The number of phenolic OH excluding ortho intramolecular Hbond substituents is 1. The summed E-state index contributed by atoms with van der Waals surface area (Å²) in [7, 11) is 0. The molecule has 0 radical (unpaired) electrons. The average molecular weight is 327 g/mol. The van der Waals surface area contributed by atoms with E-state index in [0.29, 0.717) is 18.7 Å². The molecule has 0 aliphatic rings. The number of phenols is 1. The number of aromatic hydroxyl groups is 1. The van der Waals surface area contributed by atoms with Crippen LogP contribution in [0.3, 0.4) is 0 Å². The number of carboxylic acid groups (broad SMARTS) is 1. The van der Waals surface area contributed by atoms with E-state index in [1.807, 2.05) is 44.2 Å². The van der Waals surface area contributed by atoms with E-state index in [9.17, 15) is 9.90 Å². The molecule has 128 valence electrons. The van der Waals surface area contributed by atoms with Gasteiger partial charge in [-0.15, -0.1) is 0 Å². The number of aliphatic carboxylic acids is 1. The van der Waals surface area contributed by atoms with Gasteiger partial charge in [-0.1, -0.05) is 42.5 Å². The van der Waals surface area contributed by atoms with Crippen LogP contribution in [-0.4, -0.2) is 22.2 Å². The van der Waals surface area contributed by atoms with Gasteiger partial charge in [-0.3, -0.25) is 4.79 Å². The molecule has 2 aromatic carbocycles. The molecule has 4 nitrogen and oxygen atoms in total. The Morgan fingerprint density at radius 2 is 1.71 bits per heavy atom. The van der Waals surface area contributed by atoms with Gasteiger partial charge in [0.2, 0.25) is 0 Å². The normalized spacial score (nSPS) is 12.1. The van der Waals surface area contributed by atoms with Crippen molar-refractivity contribution < 1.29 is 15.0 Å². The summed E-state index contributed by atoms with van der Waals surface area (Å²) in [4.78, 5) is 10.9. The van der Waals surface area contributed by atoms with Gasteiger partial charge in [0, 0.05) is 19.0 Å². The lowest BCUT2D eigenvalue weighted by Gasteiger charge is -2.19. The summed E-state index contributed by atoms with van der Waals surface area (Å²) in [6, 6.07) is 14.1. The summed E-state index contributed by atoms with van der Waals surface area (Å²) in [5.74, 6) is -0.434. The minimum absolute atomic E-state index is 0.0953. The van der Waals surface area contributed by atoms with E-state index in [2.05, 4.69) is 17.4 Å². The van der Waals surface area contributed by atoms with Crippen molar-refractivity contribution in [2.75, 3.05) is 0 Å². The molecule has 0 aromatic heterocycles. The lowest BCUT2D eigenvalue weighted by molar-refractivity contribution is -0.137. The molecule has 0 bridgehead atoms. The van der Waals surface area contributed by atoms with Crippen LogP contribution >= 0.6 is 0 Å². The van der Waals surface area contributed by atoms with E-state index in [0.717, 1.165) is 23.1 Å². The molecule has 0 saturated carbocycles. The Balaban J connectivity index is 2.03. The third-order valence-electron chi connectivity index (χ3n) is 4.18. The predicted octanol–water partition coefficient (Wildman–Crippen LogP) is 3.57. The number of carbonyl (C=O) groups is 1. The van der Waals surface area contributed by atoms with Crippen molar-refractivity contribution in [2.45, 2.75) is 45.7 Å². The maximum atomic E-state index is 10.9. The van der Waals surface area contributed by atoms with Crippen LogP contribution in [0, 0.1) is 13.8 Å². The summed E-state index contributed by atoms with van der Waals surface area (Å²) < 4.78 is 0. The van der Waals surface area contributed by atoms with Crippen LogP contribution < -0.4 is 5.32 Å². The smallest absolute Gasteiger partial charge is 0.303 e. The molecule has 0 aliphatic heterocycles. The van der Waals surface area contributed by atoms with E-state index in [1.165, 1.54) is 5.56 Å². The van der Waals surface area contributed by atoms with Gasteiger partial charge in [-0.2, -0.15) is 0 Å². The number of hydrogen-bond acceptors (Lipinski definition) is 3. The maximum Gasteiger partial charge on any atom is 0.303 e. The van der Waals surface area contributed by atoms with Crippen molar-refractivity contribution in [2.24, 2.45) is 0 Å². The monoisotopic (exact) mass is 327 g/mol. The summed E-state index contributed by atoms with van der Waals surface area (Å²) in [5.41, 5.74) is 4.00. The number of rotatable bonds is 8. The Kier molecular flexibility index (Phi) is 6.38. The standard InChI is InChI=1S/C20H25NO3/c1-14-10-17(11-15(2)20(14)24)13-21-18(8-9-19(22)23)12-16-6-4-3-5-7-16/h3-7,10-11,18,21,24H,8-9,12-13H2,1-2H3,(H,22,23). The fourth-order valence-electron chi connectivity index (χ4n) is 2.88.